The van der Waals surface area contributed by atoms with Gasteiger partial charge in [-0.2, -0.15) is 0 Å². The van der Waals surface area contributed by atoms with Crippen LogP contribution in [-0.2, 0) is 21.3 Å². The fraction of sp³-hybridized carbons (Fsp3) is 0.545. The predicted octanol–water partition coefficient (Wildman–Crippen LogP) is 1.41. The highest BCUT2D eigenvalue weighted by molar-refractivity contribution is 7.84. The zero-order valence-corrected chi connectivity index (χ0v) is 10.1. The topological polar surface area (TPSA) is 76.7 Å². The van der Waals surface area contributed by atoms with Crippen LogP contribution in [0.15, 0.2) is 16.7 Å². The maximum Gasteiger partial charge on any atom is 0.339 e. The average Bonchev–Trinajstić information content (AvgIpc) is 2.78. The van der Waals surface area contributed by atoms with Crippen LogP contribution in [0.25, 0.3) is 0 Å². The first-order valence-electron chi connectivity index (χ1n) is 5.43. The van der Waals surface area contributed by atoms with E-state index in [-0.39, 0.29) is 16.6 Å². The van der Waals surface area contributed by atoms with Gasteiger partial charge >= 0.3 is 5.97 Å². The van der Waals surface area contributed by atoms with Gasteiger partial charge < -0.3 is 14.3 Å². The van der Waals surface area contributed by atoms with Gasteiger partial charge in [-0.3, -0.25) is 4.21 Å². The second kappa shape index (κ2) is 5.46. The fourth-order valence-electron chi connectivity index (χ4n) is 1.83. The van der Waals surface area contributed by atoms with Gasteiger partial charge in [0.25, 0.3) is 0 Å². The van der Waals surface area contributed by atoms with Gasteiger partial charge in [0.2, 0.25) is 0 Å². The van der Waals surface area contributed by atoms with Crippen LogP contribution in [0.4, 0.5) is 0 Å². The molecule has 0 saturated carbocycles. The molecular weight excluding hydrogens is 244 g/mol. The third-order valence-electron chi connectivity index (χ3n) is 2.79. The van der Waals surface area contributed by atoms with E-state index in [1.54, 1.807) is 0 Å². The number of carboxylic acids is 1. The first-order chi connectivity index (χ1) is 8.18. The minimum Gasteiger partial charge on any atom is -0.478 e. The molecule has 5 nitrogen and oxygen atoms in total. The van der Waals surface area contributed by atoms with E-state index in [1.165, 1.54) is 12.3 Å². The van der Waals surface area contributed by atoms with Crippen molar-refractivity contribution in [3.63, 3.8) is 0 Å². The van der Waals surface area contributed by atoms with Crippen molar-refractivity contribution in [3.8, 4) is 0 Å². The number of carbonyl (C=O) groups is 1. The molecule has 1 aliphatic rings. The van der Waals surface area contributed by atoms with Crippen molar-refractivity contribution in [2.45, 2.75) is 23.8 Å². The standard InChI is InChI=1S/C11H14O5S/c12-11(13)9-3-6-16-10(9)7-17(14)8-1-4-15-5-2-8/h3,6,8H,1-2,4-5,7H2,(H,12,13). The number of furan rings is 1. The van der Waals surface area contributed by atoms with E-state index < -0.39 is 16.8 Å². The average molecular weight is 258 g/mol. The van der Waals surface area contributed by atoms with E-state index in [2.05, 4.69) is 0 Å². The lowest BCUT2D eigenvalue weighted by atomic mass is 10.2. The van der Waals surface area contributed by atoms with E-state index in [1.807, 2.05) is 0 Å². The Hall–Kier alpha value is -1.14. The minimum atomic E-state index is -1.10. The molecular formula is C11H14O5S. The largest absolute Gasteiger partial charge is 0.478 e. The smallest absolute Gasteiger partial charge is 0.339 e. The SMILES string of the molecule is O=C(O)c1ccoc1CS(=O)C1CCOCC1. The van der Waals surface area contributed by atoms with Crippen LogP contribution >= 0.6 is 0 Å². The number of aromatic carboxylic acids is 1. The summed E-state index contributed by atoms with van der Waals surface area (Å²) in [5.74, 6) is -0.584. The third kappa shape index (κ3) is 2.95. The molecule has 0 aromatic carbocycles. The highest BCUT2D eigenvalue weighted by Gasteiger charge is 2.23. The zero-order chi connectivity index (χ0) is 12.3. The van der Waals surface area contributed by atoms with Gasteiger partial charge in [0.15, 0.2) is 0 Å². The van der Waals surface area contributed by atoms with Gasteiger partial charge in [-0.1, -0.05) is 0 Å². The van der Waals surface area contributed by atoms with Gasteiger partial charge in [-0.15, -0.1) is 0 Å². The van der Waals surface area contributed by atoms with Gasteiger partial charge in [-0.25, -0.2) is 4.79 Å². The molecule has 1 aromatic rings. The quantitative estimate of drug-likeness (QED) is 0.883. The summed E-state index contributed by atoms with van der Waals surface area (Å²) in [5, 5.41) is 8.98. The lowest BCUT2D eigenvalue weighted by Crippen LogP contribution is -2.25. The lowest BCUT2D eigenvalue weighted by molar-refractivity contribution is 0.0695. The lowest BCUT2D eigenvalue weighted by Gasteiger charge is -2.20. The summed E-state index contributed by atoms with van der Waals surface area (Å²) < 4.78 is 22.3. The Morgan fingerprint density at radius 3 is 2.82 bits per heavy atom. The Labute approximate surface area is 101 Å². The molecule has 1 unspecified atom stereocenters. The summed E-state index contributed by atoms with van der Waals surface area (Å²) in [4.78, 5) is 10.9. The van der Waals surface area contributed by atoms with Gasteiger partial charge in [0.05, 0.1) is 12.0 Å². The molecule has 6 heteroatoms. The number of hydrogen-bond donors (Lipinski definition) is 1. The molecule has 1 aromatic heterocycles. The van der Waals surface area contributed by atoms with Crippen molar-refractivity contribution < 1.29 is 23.3 Å². The van der Waals surface area contributed by atoms with Crippen molar-refractivity contribution in [1.29, 1.82) is 0 Å². The fourth-order valence-corrected chi connectivity index (χ4v) is 3.26. The van der Waals surface area contributed by atoms with Crippen LogP contribution in [0.5, 0.6) is 0 Å². The summed E-state index contributed by atoms with van der Waals surface area (Å²) in [6.07, 6.45) is 2.84. The van der Waals surface area contributed by atoms with Gasteiger partial charge in [-0.05, 0) is 18.9 Å². The van der Waals surface area contributed by atoms with Crippen LogP contribution in [0.1, 0.15) is 29.0 Å². The molecule has 0 radical (unpaired) electrons. The minimum absolute atomic E-state index is 0.0792. The molecule has 1 N–H and O–H groups in total. The molecule has 2 heterocycles. The number of carboxylic acid groups (broad SMARTS) is 1. The summed E-state index contributed by atoms with van der Waals surface area (Å²) in [6.45, 7) is 1.25. The molecule has 0 aliphatic carbocycles. The van der Waals surface area contributed by atoms with E-state index in [0.29, 0.717) is 19.0 Å². The highest BCUT2D eigenvalue weighted by Crippen LogP contribution is 2.19. The van der Waals surface area contributed by atoms with Crippen molar-refractivity contribution in [1.82, 2.24) is 0 Å². The van der Waals surface area contributed by atoms with E-state index >= 15 is 0 Å². The Morgan fingerprint density at radius 1 is 1.47 bits per heavy atom. The Balaban J connectivity index is 2.02. The number of ether oxygens (including phenoxy) is 1. The van der Waals surface area contributed by atoms with Crippen molar-refractivity contribution in [2.24, 2.45) is 0 Å². The maximum atomic E-state index is 12.0. The summed E-state index contributed by atoms with van der Waals surface area (Å²) in [5.41, 5.74) is 0.102. The van der Waals surface area contributed by atoms with Crippen LogP contribution in [-0.4, -0.2) is 33.7 Å². The molecule has 1 aliphatic heterocycles. The first kappa shape index (κ1) is 12.3. The molecule has 1 saturated heterocycles. The molecule has 0 bridgehead atoms. The summed E-state index contributed by atoms with van der Waals surface area (Å²) in [6, 6.07) is 1.39. The normalized spacial score (nSPS) is 19.1. The third-order valence-corrected chi connectivity index (χ3v) is 4.55. The van der Waals surface area contributed by atoms with Crippen LogP contribution in [0.3, 0.4) is 0 Å². The van der Waals surface area contributed by atoms with Gasteiger partial charge in [0, 0.05) is 29.3 Å². The van der Waals surface area contributed by atoms with E-state index in [9.17, 15) is 9.00 Å². The van der Waals surface area contributed by atoms with Crippen LogP contribution in [0.2, 0.25) is 0 Å². The molecule has 94 valence electrons. The number of rotatable bonds is 4. The second-order valence-electron chi connectivity index (χ2n) is 3.90. The molecule has 0 spiro atoms. The highest BCUT2D eigenvalue weighted by atomic mass is 32.2. The first-order valence-corrected chi connectivity index (χ1v) is 6.81. The zero-order valence-electron chi connectivity index (χ0n) is 9.26. The van der Waals surface area contributed by atoms with Gasteiger partial charge in [0.1, 0.15) is 11.3 Å². The molecule has 1 fully saturated rings. The van der Waals surface area contributed by atoms with Crippen molar-refractivity contribution >= 4 is 16.8 Å². The Kier molecular flexibility index (Phi) is 3.96. The Morgan fingerprint density at radius 2 is 2.18 bits per heavy atom. The molecule has 1 atom stereocenters. The van der Waals surface area contributed by atoms with Crippen LogP contribution < -0.4 is 0 Å². The predicted molar refractivity (Wildman–Crippen MR) is 61.4 cm³/mol. The van der Waals surface area contributed by atoms with Crippen LogP contribution in [0, 0.1) is 0 Å². The molecule has 2 rings (SSSR count). The van der Waals surface area contributed by atoms with Crippen molar-refractivity contribution in [2.75, 3.05) is 13.2 Å². The summed E-state index contributed by atoms with van der Waals surface area (Å²) >= 11 is 0. The van der Waals surface area contributed by atoms with Crippen molar-refractivity contribution in [3.05, 3.63) is 23.7 Å². The molecule has 0 amide bonds. The second-order valence-corrected chi connectivity index (χ2v) is 5.62. The van der Waals surface area contributed by atoms with E-state index in [4.69, 9.17) is 14.3 Å². The monoisotopic (exact) mass is 258 g/mol. The number of hydrogen-bond acceptors (Lipinski definition) is 4. The van der Waals surface area contributed by atoms with E-state index in [0.717, 1.165) is 12.8 Å². The Bertz CT molecular complexity index is 419. The maximum absolute atomic E-state index is 12.0. The molecule has 17 heavy (non-hydrogen) atoms. The summed E-state index contributed by atoms with van der Waals surface area (Å²) in [7, 11) is -1.10.